The third kappa shape index (κ3) is 4.29. The van der Waals surface area contributed by atoms with Gasteiger partial charge in [0.1, 0.15) is 5.75 Å². The molecule has 0 saturated carbocycles. The Morgan fingerprint density at radius 1 is 1.17 bits per heavy atom. The van der Waals surface area contributed by atoms with E-state index in [4.69, 9.17) is 9.47 Å². The number of rotatable bonds is 6. The summed E-state index contributed by atoms with van der Waals surface area (Å²) in [6.07, 6.45) is 1.08. The first-order chi connectivity index (χ1) is 10.8. The third-order valence-corrected chi connectivity index (χ3v) is 4.19. The van der Waals surface area contributed by atoms with E-state index in [-0.39, 0.29) is 28.6 Å². The molecule has 0 fully saturated rings. The number of hydrogen-bond acceptors (Lipinski definition) is 5. The van der Waals surface area contributed by atoms with Gasteiger partial charge in [0.15, 0.2) is 33.8 Å². The van der Waals surface area contributed by atoms with Gasteiger partial charge in [-0.25, -0.2) is 12.8 Å². The topological polar surface area (TPSA) is 69.7 Å². The normalized spacial score (nSPS) is 11.1. The van der Waals surface area contributed by atoms with Crippen LogP contribution in [0.1, 0.15) is 10.4 Å². The molecule has 2 rings (SSSR count). The molecular weight excluding hydrogens is 323 g/mol. The Morgan fingerprint density at radius 3 is 2.52 bits per heavy atom. The van der Waals surface area contributed by atoms with E-state index < -0.39 is 21.4 Å². The molecule has 0 heterocycles. The van der Waals surface area contributed by atoms with Gasteiger partial charge in [-0.15, -0.1) is 0 Å². The first kappa shape index (κ1) is 17.0. The van der Waals surface area contributed by atoms with Crippen molar-refractivity contribution in [3.05, 3.63) is 53.8 Å². The number of hydrogen-bond donors (Lipinski definition) is 0. The van der Waals surface area contributed by atoms with E-state index in [2.05, 4.69) is 0 Å². The summed E-state index contributed by atoms with van der Waals surface area (Å²) in [5.74, 6) is -0.785. The minimum atomic E-state index is -3.36. The van der Waals surface area contributed by atoms with E-state index in [1.54, 1.807) is 0 Å². The van der Waals surface area contributed by atoms with Crippen LogP contribution in [0, 0.1) is 5.82 Å². The molecule has 0 aliphatic rings. The fourth-order valence-electron chi connectivity index (χ4n) is 1.87. The van der Waals surface area contributed by atoms with Crippen molar-refractivity contribution in [2.75, 3.05) is 20.0 Å². The Morgan fingerprint density at radius 2 is 1.91 bits per heavy atom. The molecule has 2 aromatic carbocycles. The molecule has 0 amide bonds. The lowest BCUT2D eigenvalue weighted by atomic mass is 10.1. The van der Waals surface area contributed by atoms with Crippen molar-refractivity contribution in [1.82, 2.24) is 0 Å². The second kappa shape index (κ2) is 6.78. The number of ketones is 1. The highest BCUT2D eigenvalue weighted by Gasteiger charge is 2.12. The van der Waals surface area contributed by atoms with Gasteiger partial charge >= 0.3 is 0 Å². The molecule has 5 nitrogen and oxygen atoms in total. The van der Waals surface area contributed by atoms with Crippen LogP contribution in [0.3, 0.4) is 0 Å². The van der Waals surface area contributed by atoms with E-state index in [0.717, 1.165) is 12.3 Å². The monoisotopic (exact) mass is 338 g/mol. The highest BCUT2D eigenvalue weighted by Crippen LogP contribution is 2.20. The minimum Gasteiger partial charge on any atom is -0.494 e. The Hall–Kier alpha value is -2.41. The van der Waals surface area contributed by atoms with Crippen molar-refractivity contribution in [3.63, 3.8) is 0 Å². The second-order valence-corrected chi connectivity index (χ2v) is 6.82. The first-order valence-electron chi connectivity index (χ1n) is 6.61. The fraction of sp³-hybridized carbons (Fsp3) is 0.188. The highest BCUT2D eigenvalue weighted by atomic mass is 32.2. The zero-order valence-corrected chi connectivity index (χ0v) is 13.4. The predicted molar refractivity (Wildman–Crippen MR) is 82.3 cm³/mol. The van der Waals surface area contributed by atoms with E-state index in [9.17, 15) is 17.6 Å². The van der Waals surface area contributed by atoms with Crippen molar-refractivity contribution >= 4 is 15.6 Å². The molecule has 0 aliphatic heterocycles. The van der Waals surface area contributed by atoms with Crippen molar-refractivity contribution < 1.29 is 27.1 Å². The third-order valence-electron chi connectivity index (χ3n) is 3.08. The number of methoxy groups -OCH3 is 1. The van der Waals surface area contributed by atoms with Crippen LogP contribution in [0.4, 0.5) is 4.39 Å². The quantitative estimate of drug-likeness (QED) is 0.757. The van der Waals surface area contributed by atoms with E-state index in [0.29, 0.717) is 0 Å². The Kier molecular flexibility index (Phi) is 5.00. The summed E-state index contributed by atoms with van der Waals surface area (Å²) in [6, 6.07) is 9.67. The van der Waals surface area contributed by atoms with E-state index in [1.807, 2.05) is 0 Å². The lowest BCUT2D eigenvalue weighted by molar-refractivity contribution is 0.0921. The van der Waals surface area contributed by atoms with Crippen molar-refractivity contribution in [3.8, 4) is 11.5 Å². The number of carbonyl (C=O) groups excluding carboxylic acids is 1. The maximum absolute atomic E-state index is 13.6. The van der Waals surface area contributed by atoms with Crippen LogP contribution in [0.2, 0.25) is 0 Å². The number of halogens is 1. The lowest BCUT2D eigenvalue weighted by Crippen LogP contribution is -2.12. The average molecular weight is 338 g/mol. The zero-order chi connectivity index (χ0) is 17.0. The summed E-state index contributed by atoms with van der Waals surface area (Å²) in [7, 11) is -2.03. The molecule has 0 bridgehead atoms. The van der Waals surface area contributed by atoms with Gasteiger partial charge in [-0.05, 0) is 36.4 Å². The molecule has 2 aromatic rings. The van der Waals surface area contributed by atoms with Crippen LogP contribution in [-0.4, -0.2) is 34.2 Å². The van der Waals surface area contributed by atoms with Crippen LogP contribution < -0.4 is 9.47 Å². The molecule has 0 aromatic heterocycles. The zero-order valence-electron chi connectivity index (χ0n) is 12.6. The largest absolute Gasteiger partial charge is 0.494 e. The number of ether oxygens (including phenoxy) is 2. The maximum Gasteiger partial charge on any atom is 0.200 e. The second-order valence-electron chi connectivity index (χ2n) is 4.81. The van der Waals surface area contributed by atoms with Gasteiger partial charge in [0.2, 0.25) is 0 Å². The van der Waals surface area contributed by atoms with Crippen LogP contribution in [0.5, 0.6) is 11.5 Å². The molecule has 0 saturated heterocycles. The number of sulfone groups is 1. The Labute approximate surface area is 133 Å². The van der Waals surface area contributed by atoms with E-state index in [1.165, 1.54) is 43.5 Å². The van der Waals surface area contributed by atoms with Gasteiger partial charge in [-0.3, -0.25) is 4.79 Å². The van der Waals surface area contributed by atoms with Crippen molar-refractivity contribution in [2.45, 2.75) is 4.90 Å². The lowest BCUT2D eigenvalue weighted by Gasteiger charge is -2.08. The van der Waals surface area contributed by atoms with Crippen molar-refractivity contribution in [2.24, 2.45) is 0 Å². The summed E-state index contributed by atoms with van der Waals surface area (Å²) in [4.78, 5) is 12.1. The number of carbonyl (C=O) groups is 1. The summed E-state index contributed by atoms with van der Waals surface area (Å²) >= 11 is 0. The molecule has 0 radical (unpaired) electrons. The van der Waals surface area contributed by atoms with Crippen molar-refractivity contribution in [1.29, 1.82) is 0 Å². The molecule has 7 heteroatoms. The Balaban J connectivity index is 2.09. The fourth-order valence-corrected chi connectivity index (χ4v) is 2.52. The van der Waals surface area contributed by atoms with Crippen LogP contribution in [0.25, 0.3) is 0 Å². The molecule has 23 heavy (non-hydrogen) atoms. The minimum absolute atomic E-state index is 0.0447. The van der Waals surface area contributed by atoms with Gasteiger partial charge in [0, 0.05) is 11.8 Å². The van der Waals surface area contributed by atoms with Crippen LogP contribution in [-0.2, 0) is 9.84 Å². The molecule has 0 unspecified atom stereocenters. The van der Waals surface area contributed by atoms with Gasteiger partial charge in [0.25, 0.3) is 0 Å². The SMILES string of the molecule is COc1ccc(C(=O)COc2cccc(S(C)(=O)=O)c2)cc1F. The number of Topliss-reactive ketones (excluding diaryl/α,β-unsaturated/α-hetero) is 1. The van der Waals surface area contributed by atoms with Gasteiger partial charge in [-0.2, -0.15) is 0 Å². The summed E-state index contributed by atoms with van der Waals surface area (Å²) in [6.45, 7) is -0.334. The molecule has 0 spiro atoms. The maximum atomic E-state index is 13.6. The van der Waals surface area contributed by atoms with Gasteiger partial charge in [-0.1, -0.05) is 6.07 Å². The smallest absolute Gasteiger partial charge is 0.200 e. The predicted octanol–water partition coefficient (Wildman–Crippen LogP) is 2.50. The molecular formula is C16H15FO5S. The Bertz CT molecular complexity index is 830. The summed E-state index contributed by atoms with van der Waals surface area (Å²) in [5, 5.41) is 0. The average Bonchev–Trinajstić information content (AvgIpc) is 2.52. The summed E-state index contributed by atoms with van der Waals surface area (Å²) < 4.78 is 46.6. The number of benzene rings is 2. The van der Waals surface area contributed by atoms with Crippen LogP contribution in [0.15, 0.2) is 47.4 Å². The van der Waals surface area contributed by atoms with E-state index >= 15 is 0 Å². The molecule has 122 valence electrons. The standard InChI is InChI=1S/C16H15FO5S/c1-21-16-7-6-11(8-14(16)17)15(18)10-22-12-4-3-5-13(9-12)23(2,19)20/h3-9H,10H2,1-2H3. The first-order valence-corrected chi connectivity index (χ1v) is 8.50. The van der Waals surface area contributed by atoms with Crippen LogP contribution >= 0.6 is 0 Å². The molecule has 0 atom stereocenters. The summed E-state index contributed by atoms with van der Waals surface area (Å²) in [5.41, 5.74) is 0.141. The highest BCUT2D eigenvalue weighted by molar-refractivity contribution is 7.90. The molecule has 0 N–H and O–H groups in total. The van der Waals surface area contributed by atoms with Gasteiger partial charge < -0.3 is 9.47 Å². The molecule has 0 aliphatic carbocycles. The van der Waals surface area contributed by atoms with Gasteiger partial charge in [0.05, 0.1) is 12.0 Å².